The number of amides is 1. The summed E-state index contributed by atoms with van der Waals surface area (Å²) in [5.41, 5.74) is 3.80. The molecule has 3 aromatic rings. The lowest BCUT2D eigenvalue weighted by Gasteiger charge is -2.19. The van der Waals surface area contributed by atoms with Crippen LogP contribution >= 0.6 is 0 Å². The van der Waals surface area contributed by atoms with E-state index in [0.717, 1.165) is 16.6 Å². The Balaban J connectivity index is 1.70. The van der Waals surface area contributed by atoms with E-state index in [1.165, 1.54) is 5.56 Å². The van der Waals surface area contributed by atoms with Crippen molar-refractivity contribution in [3.63, 3.8) is 0 Å². The van der Waals surface area contributed by atoms with Gasteiger partial charge in [0.05, 0.1) is 17.8 Å². The number of fused-ring (bicyclic) bond motifs is 1. The average molecular weight is 307 g/mol. The van der Waals surface area contributed by atoms with Gasteiger partial charge in [0, 0.05) is 10.9 Å². The Labute approximate surface area is 135 Å². The van der Waals surface area contributed by atoms with E-state index in [1.807, 2.05) is 48.5 Å². The van der Waals surface area contributed by atoms with E-state index < -0.39 is 0 Å². The van der Waals surface area contributed by atoms with Crippen molar-refractivity contribution in [2.75, 3.05) is 0 Å². The topological polar surface area (TPSA) is 57.8 Å². The maximum Gasteiger partial charge on any atom is 0.251 e. The second-order valence-electron chi connectivity index (χ2n) is 6.73. The van der Waals surface area contributed by atoms with Gasteiger partial charge in [-0.3, -0.25) is 9.89 Å². The summed E-state index contributed by atoms with van der Waals surface area (Å²) in [5.74, 6) is -0.0795. The molecule has 0 aliphatic carbocycles. The third-order valence-electron chi connectivity index (χ3n) is 3.98. The molecule has 0 atom stereocenters. The number of nitrogens with zero attached hydrogens (tertiary/aromatic N) is 1. The molecule has 0 bridgehead atoms. The molecule has 0 unspecified atom stereocenters. The zero-order valence-electron chi connectivity index (χ0n) is 13.7. The molecule has 1 heterocycles. The van der Waals surface area contributed by atoms with Gasteiger partial charge in [0.2, 0.25) is 0 Å². The fourth-order valence-corrected chi connectivity index (χ4v) is 2.54. The summed E-state index contributed by atoms with van der Waals surface area (Å²) in [6, 6.07) is 15.6. The Kier molecular flexibility index (Phi) is 3.90. The molecule has 2 N–H and O–H groups in total. The molecule has 0 saturated heterocycles. The van der Waals surface area contributed by atoms with Gasteiger partial charge in [-0.25, -0.2) is 0 Å². The summed E-state index contributed by atoms with van der Waals surface area (Å²) in [4.78, 5) is 12.3. The smallest absolute Gasteiger partial charge is 0.251 e. The van der Waals surface area contributed by atoms with Gasteiger partial charge in [-0.2, -0.15) is 5.10 Å². The largest absolute Gasteiger partial charge is 0.346 e. The molecule has 0 aliphatic rings. The van der Waals surface area contributed by atoms with Crippen molar-refractivity contribution >= 4 is 16.8 Å². The summed E-state index contributed by atoms with van der Waals surface area (Å²) in [6.45, 7) is 6.91. The van der Waals surface area contributed by atoms with Gasteiger partial charge in [0.15, 0.2) is 0 Å². The van der Waals surface area contributed by atoms with E-state index in [9.17, 15) is 4.79 Å². The van der Waals surface area contributed by atoms with Crippen LogP contribution in [0.5, 0.6) is 0 Å². The molecule has 3 rings (SSSR count). The van der Waals surface area contributed by atoms with Crippen molar-refractivity contribution in [3.8, 4) is 0 Å². The van der Waals surface area contributed by atoms with Crippen molar-refractivity contribution < 1.29 is 4.79 Å². The number of benzene rings is 2. The number of aromatic nitrogens is 2. The highest BCUT2D eigenvalue weighted by Gasteiger charge is 2.14. The minimum absolute atomic E-state index is 0.0795. The molecule has 23 heavy (non-hydrogen) atoms. The maximum atomic E-state index is 12.3. The highest BCUT2D eigenvalue weighted by atomic mass is 16.1. The number of H-pyrrole nitrogens is 1. The lowest BCUT2D eigenvalue weighted by atomic mass is 9.87. The van der Waals surface area contributed by atoms with Gasteiger partial charge in [-0.05, 0) is 29.2 Å². The fraction of sp³-hybridized carbons (Fsp3) is 0.263. The molecule has 0 saturated carbocycles. The van der Waals surface area contributed by atoms with Crippen molar-refractivity contribution in [2.24, 2.45) is 0 Å². The van der Waals surface area contributed by atoms with Crippen LogP contribution in [-0.2, 0) is 12.0 Å². The third kappa shape index (κ3) is 3.26. The van der Waals surface area contributed by atoms with E-state index in [-0.39, 0.29) is 11.3 Å². The van der Waals surface area contributed by atoms with Crippen LogP contribution < -0.4 is 5.32 Å². The summed E-state index contributed by atoms with van der Waals surface area (Å²) in [6.07, 6.45) is 0. The van der Waals surface area contributed by atoms with Crippen molar-refractivity contribution in [2.45, 2.75) is 32.7 Å². The maximum absolute atomic E-state index is 12.3. The van der Waals surface area contributed by atoms with Crippen LogP contribution in [-0.4, -0.2) is 16.1 Å². The van der Waals surface area contributed by atoms with Crippen molar-refractivity contribution in [3.05, 3.63) is 65.4 Å². The lowest BCUT2D eigenvalue weighted by Crippen LogP contribution is -2.23. The van der Waals surface area contributed by atoms with Crippen LogP contribution in [0.15, 0.2) is 48.5 Å². The quantitative estimate of drug-likeness (QED) is 0.773. The average Bonchev–Trinajstić information content (AvgIpc) is 2.95. The van der Waals surface area contributed by atoms with Crippen LogP contribution in [0.25, 0.3) is 10.9 Å². The monoisotopic (exact) mass is 307 g/mol. The summed E-state index contributed by atoms with van der Waals surface area (Å²) in [5, 5.41) is 11.2. The number of carbonyl (C=O) groups excluding carboxylic acids is 1. The molecule has 0 fully saturated rings. The number of nitrogens with one attached hydrogen (secondary N) is 2. The Morgan fingerprint density at radius 1 is 1.09 bits per heavy atom. The molecule has 4 nitrogen and oxygen atoms in total. The molecule has 4 heteroatoms. The molecular weight excluding hydrogens is 286 g/mol. The highest BCUT2D eigenvalue weighted by molar-refractivity contribution is 5.94. The molecule has 0 radical (unpaired) electrons. The summed E-state index contributed by atoms with van der Waals surface area (Å²) in [7, 11) is 0. The van der Waals surface area contributed by atoms with Crippen molar-refractivity contribution in [1.82, 2.24) is 15.5 Å². The van der Waals surface area contributed by atoms with Crippen LogP contribution in [0.3, 0.4) is 0 Å². The Hall–Kier alpha value is -2.62. The Morgan fingerprint density at radius 2 is 1.78 bits per heavy atom. The number of carbonyl (C=O) groups is 1. The minimum atomic E-state index is -0.0795. The first-order valence-corrected chi connectivity index (χ1v) is 7.76. The summed E-state index contributed by atoms with van der Waals surface area (Å²) < 4.78 is 0. The van der Waals surface area contributed by atoms with Crippen LogP contribution in [0.2, 0.25) is 0 Å². The van der Waals surface area contributed by atoms with E-state index in [0.29, 0.717) is 12.1 Å². The SMILES string of the molecule is CC(C)(C)c1ccc(C(=O)NCc2[nH]nc3ccccc23)cc1. The fourth-order valence-electron chi connectivity index (χ4n) is 2.54. The highest BCUT2D eigenvalue weighted by Crippen LogP contribution is 2.22. The molecule has 0 spiro atoms. The number of aromatic amines is 1. The third-order valence-corrected chi connectivity index (χ3v) is 3.98. The van der Waals surface area contributed by atoms with E-state index >= 15 is 0 Å². The molecule has 2 aromatic carbocycles. The predicted octanol–water partition coefficient (Wildman–Crippen LogP) is 3.79. The summed E-state index contributed by atoms with van der Waals surface area (Å²) >= 11 is 0. The lowest BCUT2D eigenvalue weighted by molar-refractivity contribution is 0.0950. The number of hydrogen-bond acceptors (Lipinski definition) is 2. The molecule has 1 aromatic heterocycles. The zero-order valence-corrected chi connectivity index (χ0v) is 13.7. The van der Waals surface area contributed by atoms with E-state index in [4.69, 9.17) is 0 Å². The molecule has 1 amide bonds. The predicted molar refractivity (Wildman–Crippen MR) is 92.4 cm³/mol. The number of rotatable bonds is 3. The zero-order chi connectivity index (χ0) is 16.4. The first kappa shape index (κ1) is 15.3. The number of hydrogen-bond donors (Lipinski definition) is 2. The van der Waals surface area contributed by atoms with E-state index in [2.05, 4.69) is 36.3 Å². The first-order chi connectivity index (χ1) is 10.9. The molecular formula is C19H21N3O. The standard InChI is InChI=1S/C19H21N3O/c1-19(2,3)14-10-8-13(9-11-14)18(23)20-12-17-15-6-4-5-7-16(15)21-22-17/h4-11H,12H2,1-3H3,(H,20,23)(H,21,22). The minimum Gasteiger partial charge on any atom is -0.346 e. The number of para-hydroxylation sites is 1. The van der Waals surface area contributed by atoms with Gasteiger partial charge >= 0.3 is 0 Å². The van der Waals surface area contributed by atoms with Gasteiger partial charge in [0.25, 0.3) is 5.91 Å². The Bertz CT molecular complexity index is 826. The first-order valence-electron chi connectivity index (χ1n) is 7.76. The van der Waals surface area contributed by atoms with Crippen LogP contribution in [0.4, 0.5) is 0 Å². The van der Waals surface area contributed by atoms with Gasteiger partial charge in [0.1, 0.15) is 0 Å². The van der Waals surface area contributed by atoms with Gasteiger partial charge in [-0.1, -0.05) is 51.1 Å². The second-order valence-corrected chi connectivity index (χ2v) is 6.73. The molecule has 0 aliphatic heterocycles. The van der Waals surface area contributed by atoms with Gasteiger partial charge in [-0.15, -0.1) is 0 Å². The van der Waals surface area contributed by atoms with Crippen molar-refractivity contribution in [1.29, 1.82) is 0 Å². The normalized spacial score (nSPS) is 11.6. The van der Waals surface area contributed by atoms with Crippen LogP contribution in [0, 0.1) is 0 Å². The molecule has 118 valence electrons. The van der Waals surface area contributed by atoms with E-state index in [1.54, 1.807) is 0 Å². The van der Waals surface area contributed by atoms with Gasteiger partial charge < -0.3 is 5.32 Å². The Morgan fingerprint density at radius 3 is 2.48 bits per heavy atom. The van der Waals surface area contributed by atoms with Crippen LogP contribution in [0.1, 0.15) is 42.4 Å². The second kappa shape index (κ2) is 5.88.